The van der Waals surface area contributed by atoms with Crippen LogP contribution in [0, 0.1) is 0 Å². The smallest absolute Gasteiger partial charge is 0.0587 e. The van der Waals surface area contributed by atoms with Gasteiger partial charge < -0.3 is 14.8 Å². The van der Waals surface area contributed by atoms with Crippen LogP contribution in [0.5, 0.6) is 0 Å². The maximum absolute atomic E-state index is 5.46. The Morgan fingerprint density at radius 1 is 1.17 bits per heavy atom. The molecule has 1 atom stereocenters. The van der Waals surface area contributed by atoms with E-state index in [0.717, 1.165) is 39.3 Å². The Balaban J connectivity index is 2.42. The normalized spacial score (nSPS) is 12.6. The van der Waals surface area contributed by atoms with E-state index in [1.54, 1.807) is 7.11 Å². The summed E-state index contributed by atoms with van der Waals surface area (Å²) in [5.41, 5.74) is 1.38. The molecule has 0 spiro atoms. The zero-order chi connectivity index (χ0) is 13.1. The standard InChI is InChI=1S/C15H25NO2/c1-3-18-11-9-15(13-16-10-12-17-2)14-7-5-4-6-8-14/h4-8,15-16H,3,9-13H2,1-2H3. The maximum atomic E-state index is 5.46. The second-order valence-corrected chi connectivity index (χ2v) is 4.29. The van der Waals surface area contributed by atoms with Gasteiger partial charge in [-0.25, -0.2) is 0 Å². The minimum absolute atomic E-state index is 0.509. The summed E-state index contributed by atoms with van der Waals surface area (Å²) in [6, 6.07) is 10.6. The minimum Gasteiger partial charge on any atom is -0.383 e. The van der Waals surface area contributed by atoms with E-state index in [1.807, 2.05) is 6.92 Å². The van der Waals surface area contributed by atoms with Crippen LogP contribution in [0.4, 0.5) is 0 Å². The Morgan fingerprint density at radius 2 is 1.94 bits per heavy atom. The van der Waals surface area contributed by atoms with E-state index in [4.69, 9.17) is 9.47 Å². The fourth-order valence-electron chi connectivity index (χ4n) is 1.93. The Hall–Kier alpha value is -0.900. The Labute approximate surface area is 110 Å². The summed E-state index contributed by atoms with van der Waals surface area (Å²) in [6.45, 7) is 6.27. The molecule has 102 valence electrons. The lowest BCUT2D eigenvalue weighted by atomic mass is 9.96. The monoisotopic (exact) mass is 251 g/mol. The lowest BCUT2D eigenvalue weighted by molar-refractivity contribution is 0.138. The molecule has 1 N–H and O–H groups in total. The molecule has 0 bridgehead atoms. The predicted octanol–water partition coefficient (Wildman–Crippen LogP) is 2.43. The van der Waals surface area contributed by atoms with Gasteiger partial charge in [0.2, 0.25) is 0 Å². The molecule has 0 amide bonds. The SMILES string of the molecule is CCOCCC(CNCCOC)c1ccccc1. The van der Waals surface area contributed by atoms with Crippen molar-refractivity contribution in [1.29, 1.82) is 0 Å². The molecule has 0 heterocycles. The Bertz CT molecular complexity index is 290. The molecule has 3 nitrogen and oxygen atoms in total. The lowest BCUT2D eigenvalue weighted by Crippen LogP contribution is -2.25. The van der Waals surface area contributed by atoms with E-state index >= 15 is 0 Å². The second-order valence-electron chi connectivity index (χ2n) is 4.29. The zero-order valence-electron chi connectivity index (χ0n) is 11.5. The Morgan fingerprint density at radius 3 is 2.61 bits per heavy atom. The third-order valence-electron chi connectivity index (χ3n) is 2.96. The highest BCUT2D eigenvalue weighted by molar-refractivity contribution is 5.19. The molecule has 0 aliphatic heterocycles. The molecule has 0 aliphatic rings. The first kappa shape index (κ1) is 15.2. The second kappa shape index (κ2) is 10.1. The summed E-state index contributed by atoms with van der Waals surface area (Å²) in [5.74, 6) is 0.509. The van der Waals surface area contributed by atoms with Gasteiger partial charge in [-0.3, -0.25) is 0 Å². The lowest BCUT2D eigenvalue weighted by Gasteiger charge is -2.18. The van der Waals surface area contributed by atoms with Gasteiger partial charge in [-0.15, -0.1) is 0 Å². The average Bonchev–Trinajstić information content (AvgIpc) is 2.42. The molecule has 3 heteroatoms. The van der Waals surface area contributed by atoms with Gasteiger partial charge in [0.15, 0.2) is 0 Å². The Kier molecular flexibility index (Phi) is 8.47. The van der Waals surface area contributed by atoms with E-state index in [9.17, 15) is 0 Å². The van der Waals surface area contributed by atoms with Crippen molar-refractivity contribution < 1.29 is 9.47 Å². The first-order valence-corrected chi connectivity index (χ1v) is 6.70. The van der Waals surface area contributed by atoms with Gasteiger partial charge in [0.1, 0.15) is 0 Å². The third-order valence-corrected chi connectivity index (χ3v) is 2.96. The van der Waals surface area contributed by atoms with Crippen LogP contribution in [0.15, 0.2) is 30.3 Å². The molecule has 0 saturated carbocycles. The van der Waals surface area contributed by atoms with Crippen molar-refractivity contribution in [3.05, 3.63) is 35.9 Å². The van der Waals surface area contributed by atoms with E-state index in [-0.39, 0.29) is 0 Å². The van der Waals surface area contributed by atoms with Crippen LogP contribution in [0.1, 0.15) is 24.8 Å². The van der Waals surface area contributed by atoms with Crippen molar-refractivity contribution in [3.8, 4) is 0 Å². The molecule has 1 rings (SSSR count). The maximum Gasteiger partial charge on any atom is 0.0587 e. The molecule has 0 aliphatic carbocycles. The van der Waals surface area contributed by atoms with Gasteiger partial charge in [-0.05, 0) is 24.8 Å². The molecule has 1 aromatic rings. The first-order valence-electron chi connectivity index (χ1n) is 6.70. The first-order chi connectivity index (χ1) is 8.88. The van der Waals surface area contributed by atoms with Crippen molar-refractivity contribution in [2.75, 3.05) is 40.0 Å². The molecular formula is C15H25NO2. The summed E-state index contributed by atoms with van der Waals surface area (Å²) < 4.78 is 10.5. The van der Waals surface area contributed by atoms with Crippen LogP contribution in [0.3, 0.4) is 0 Å². The summed E-state index contributed by atoms with van der Waals surface area (Å²) in [5, 5.41) is 3.43. The predicted molar refractivity (Wildman–Crippen MR) is 75.0 cm³/mol. The molecule has 0 aromatic heterocycles. The van der Waals surface area contributed by atoms with Crippen LogP contribution >= 0.6 is 0 Å². The summed E-state index contributed by atoms with van der Waals surface area (Å²) in [7, 11) is 1.73. The highest BCUT2D eigenvalue weighted by Crippen LogP contribution is 2.18. The van der Waals surface area contributed by atoms with Gasteiger partial charge in [0.25, 0.3) is 0 Å². The molecule has 1 aromatic carbocycles. The van der Waals surface area contributed by atoms with Crippen molar-refractivity contribution in [1.82, 2.24) is 5.32 Å². The van der Waals surface area contributed by atoms with E-state index < -0.39 is 0 Å². The number of hydrogen-bond donors (Lipinski definition) is 1. The number of ether oxygens (including phenoxy) is 2. The summed E-state index contributed by atoms with van der Waals surface area (Å²) in [4.78, 5) is 0. The van der Waals surface area contributed by atoms with Gasteiger partial charge >= 0.3 is 0 Å². The number of nitrogens with one attached hydrogen (secondary N) is 1. The van der Waals surface area contributed by atoms with Crippen LogP contribution in [-0.2, 0) is 9.47 Å². The van der Waals surface area contributed by atoms with Gasteiger partial charge in [0.05, 0.1) is 6.61 Å². The fourth-order valence-corrected chi connectivity index (χ4v) is 1.93. The molecule has 18 heavy (non-hydrogen) atoms. The van der Waals surface area contributed by atoms with Gasteiger partial charge in [-0.1, -0.05) is 30.3 Å². The fraction of sp³-hybridized carbons (Fsp3) is 0.600. The van der Waals surface area contributed by atoms with Crippen LogP contribution in [-0.4, -0.2) is 40.0 Å². The topological polar surface area (TPSA) is 30.5 Å². The number of rotatable bonds is 10. The minimum atomic E-state index is 0.509. The van der Waals surface area contributed by atoms with Crippen LogP contribution < -0.4 is 5.32 Å². The van der Waals surface area contributed by atoms with Crippen molar-refractivity contribution in [2.45, 2.75) is 19.3 Å². The van der Waals surface area contributed by atoms with E-state index in [2.05, 4.69) is 35.6 Å². The zero-order valence-corrected chi connectivity index (χ0v) is 11.5. The molecular weight excluding hydrogens is 226 g/mol. The molecule has 0 fully saturated rings. The molecule has 0 radical (unpaired) electrons. The van der Waals surface area contributed by atoms with Crippen LogP contribution in [0.2, 0.25) is 0 Å². The van der Waals surface area contributed by atoms with Crippen LogP contribution in [0.25, 0.3) is 0 Å². The summed E-state index contributed by atoms with van der Waals surface area (Å²) >= 11 is 0. The highest BCUT2D eigenvalue weighted by Gasteiger charge is 2.10. The molecule has 1 unspecified atom stereocenters. The third kappa shape index (κ3) is 6.15. The average molecular weight is 251 g/mol. The number of hydrogen-bond acceptors (Lipinski definition) is 3. The highest BCUT2D eigenvalue weighted by atomic mass is 16.5. The van der Waals surface area contributed by atoms with E-state index in [1.165, 1.54) is 5.56 Å². The number of methoxy groups -OCH3 is 1. The van der Waals surface area contributed by atoms with Gasteiger partial charge in [0, 0.05) is 33.4 Å². The van der Waals surface area contributed by atoms with Crippen molar-refractivity contribution in [2.24, 2.45) is 0 Å². The summed E-state index contributed by atoms with van der Waals surface area (Å²) in [6.07, 6.45) is 1.05. The van der Waals surface area contributed by atoms with Crippen molar-refractivity contribution >= 4 is 0 Å². The van der Waals surface area contributed by atoms with Crippen molar-refractivity contribution in [3.63, 3.8) is 0 Å². The van der Waals surface area contributed by atoms with Gasteiger partial charge in [-0.2, -0.15) is 0 Å². The quantitative estimate of drug-likeness (QED) is 0.648. The number of benzene rings is 1. The molecule has 0 saturated heterocycles. The van der Waals surface area contributed by atoms with E-state index in [0.29, 0.717) is 5.92 Å². The largest absolute Gasteiger partial charge is 0.383 e.